The minimum absolute atomic E-state index is 0. The summed E-state index contributed by atoms with van der Waals surface area (Å²) in [5, 5.41) is 77.6. The molecule has 0 heterocycles. The van der Waals surface area contributed by atoms with E-state index in [0.29, 0.717) is 0 Å². The van der Waals surface area contributed by atoms with Crippen LogP contribution in [0.25, 0.3) is 0 Å². The van der Waals surface area contributed by atoms with Crippen LogP contribution < -0.4 is 20.4 Å². The predicted octanol–water partition coefficient (Wildman–Crippen LogP) is 9.44. The predicted molar refractivity (Wildman–Crippen MR) is 177 cm³/mol. The molecule has 0 aliphatic heterocycles. The third-order valence-electron chi connectivity index (χ3n) is 4.40. The van der Waals surface area contributed by atoms with Crippen LogP contribution >= 0.6 is 139 Å². The van der Waals surface area contributed by atoms with Crippen molar-refractivity contribution < 1.29 is 42.3 Å². The molecule has 0 spiro atoms. The van der Waals surface area contributed by atoms with Crippen molar-refractivity contribution in [3.63, 3.8) is 0 Å². The molecule has 240 valence electrons. The first-order valence-corrected chi connectivity index (χ1v) is 14.8. The van der Waals surface area contributed by atoms with Crippen molar-refractivity contribution in [3.8, 4) is 46.0 Å². The molecule has 0 saturated heterocycles. The molecule has 0 aliphatic carbocycles. The molecule has 45 heavy (non-hydrogen) atoms. The van der Waals surface area contributed by atoms with E-state index in [0.717, 1.165) is 24.3 Å². The van der Waals surface area contributed by atoms with Crippen LogP contribution in [0, 0.1) is 0 Å². The number of phenols is 4. The number of phenolic OH excluding ortho intramolecular Hbond substituents is 4. The molecule has 0 saturated carbocycles. The molecule has 0 aromatic heterocycles. The Balaban J connectivity index is 0. The van der Waals surface area contributed by atoms with Gasteiger partial charge in [0.25, 0.3) is 0 Å². The third-order valence-corrected chi connectivity index (χ3v) is 8.97. The first kappa shape index (κ1) is 44.3. The number of rotatable bonds is 0. The molecule has 0 radical (unpaired) electrons. The number of aromatic hydroxyl groups is 4. The maximum Gasteiger partial charge on any atom is 3.00 e. The maximum absolute atomic E-state index is 10.8. The normalized spacial score (nSPS) is 9.87. The zero-order chi connectivity index (χ0) is 34.4. The van der Waals surface area contributed by atoms with Gasteiger partial charge in [0.15, 0.2) is 23.0 Å². The van der Waals surface area contributed by atoms with Crippen LogP contribution in [0.4, 0.5) is 0 Å². The van der Waals surface area contributed by atoms with E-state index < -0.39 is 46.0 Å². The minimum Gasteiger partial charge on any atom is -0.871 e. The number of hydrogen-bond donors (Lipinski definition) is 4. The molecule has 0 fully saturated rings. The molecule has 0 bridgehead atoms. The summed E-state index contributed by atoms with van der Waals surface area (Å²) in [6.45, 7) is 0. The summed E-state index contributed by atoms with van der Waals surface area (Å²) < 4.78 is 0. The van der Waals surface area contributed by atoms with Crippen molar-refractivity contribution in [1.29, 1.82) is 0 Å². The summed E-state index contributed by atoms with van der Waals surface area (Å²) in [5.74, 6) is -4.04. The molecule has 4 aromatic carbocycles. The van der Waals surface area contributed by atoms with Crippen LogP contribution in [0.3, 0.4) is 0 Å². The fraction of sp³-hybridized carbons (Fsp3) is 0. The van der Waals surface area contributed by atoms with Gasteiger partial charge in [-0.25, -0.2) is 0 Å². The number of halogens is 12. The van der Waals surface area contributed by atoms with E-state index in [4.69, 9.17) is 160 Å². The van der Waals surface area contributed by atoms with Gasteiger partial charge in [-0.3, -0.25) is 0 Å². The van der Waals surface area contributed by atoms with E-state index in [-0.39, 0.29) is 79.1 Å². The van der Waals surface area contributed by atoms with Gasteiger partial charge in [0.2, 0.25) is 0 Å². The zero-order valence-corrected chi connectivity index (χ0v) is 31.1. The molecule has 0 unspecified atom stereocenters. The van der Waals surface area contributed by atoms with Gasteiger partial charge in [-0.2, -0.15) is 0 Å². The van der Waals surface area contributed by atoms with E-state index >= 15 is 0 Å². The van der Waals surface area contributed by atoms with Gasteiger partial charge in [0.1, 0.15) is 20.1 Å². The molecular formula is C24H9AlCl12O8. The molecule has 4 rings (SSSR count). The fourth-order valence-corrected chi connectivity index (χ4v) is 4.41. The third kappa shape index (κ3) is 11.7. The van der Waals surface area contributed by atoms with Crippen LogP contribution in [0.2, 0.25) is 60.3 Å². The smallest absolute Gasteiger partial charge is 0.871 e. The van der Waals surface area contributed by atoms with Gasteiger partial charge in [0.05, 0.1) is 40.2 Å². The van der Waals surface area contributed by atoms with Crippen molar-refractivity contribution in [1.82, 2.24) is 0 Å². The Kier molecular flexibility index (Phi) is 19.0. The number of benzene rings is 4. The van der Waals surface area contributed by atoms with E-state index in [9.17, 15) is 20.4 Å². The second-order valence-corrected chi connectivity index (χ2v) is 12.0. The van der Waals surface area contributed by atoms with Gasteiger partial charge in [-0.05, 0) is 24.3 Å². The molecule has 4 aromatic rings. The monoisotopic (exact) mass is 872 g/mol. The quantitative estimate of drug-likeness (QED) is 0.0999. The Hall–Kier alpha value is -0.708. The average Bonchev–Trinajstić information content (AvgIpc) is 2.97. The van der Waals surface area contributed by atoms with E-state index in [1.165, 1.54) is 0 Å². The van der Waals surface area contributed by atoms with E-state index in [1.54, 1.807) is 0 Å². The Labute approximate surface area is 326 Å². The molecule has 0 amide bonds. The van der Waals surface area contributed by atoms with Crippen molar-refractivity contribution in [2.75, 3.05) is 0 Å². The largest absolute Gasteiger partial charge is 3.00 e. The Bertz CT molecular complexity index is 1350. The second kappa shape index (κ2) is 19.3. The van der Waals surface area contributed by atoms with E-state index in [2.05, 4.69) is 0 Å². The van der Waals surface area contributed by atoms with Gasteiger partial charge in [-0.1, -0.05) is 162 Å². The molecule has 0 atom stereocenters. The van der Waals surface area contributed by atoms with Gasteiger partial charge in [0, 0.05) is 0 Å². The minimum atomic E-state index is -0.543. The second-order valence-electron chi connectivity index (χ2n) is 7.33. The van der Waals surface area contributed by atoms with Crippen molar-refractivity contribution in [2.45, 2.75) is 0 Å². The molecular weight excluding hydrogens is 869 g/mol. The van der Waals surface area contributed by atoms with Gasteiger partial charge < -0.3 is 40.9 Å². The van der Waals surface area contributed by atoms with Crippen molar-refractivity contribution in [3.05, 3.63) is 84.5 Å². The summed E-state index contributed by atoms with van der Waals surface area (Å²) in [4.78, 5) is 0. The Morgan fingerprint density at radius 1 is 0.333 bits per heavy atom. The summed E-state index contributed by atoms with van der Waals surface area (Å²) in [5.41, 5.74) is 0. The van der Waals surface area contributed by atoms with Crippen LogP contribution in [0.15, 0.2) is 24.3 Å². The summed E-state index contributed by atoms with van der Waals surface area (Å²) >= 11 is 65.0. The topological polar surface area (TPSA) is 173 Å². The zero-order valence-electron chi connectivity index (χ0n) is 21.8. The number of hydrogen-bond acceptors (Lipinski definition) is 8. The molecule has 4 N–H and O–H groups in total. The Morgan fingerprint density at radius 3 is 0.600 bits per heavy atom. The first-order valence-electron chi connectivity index (χ1n) is 10.3. The Morgan fingerprint density at radius 2 is 0.467 bits per heavy atom. The summed E-state index contributed by atoms with van der Waals surface area (Å²) in [7, 11) is 0. The van der Waals surface area contributed by atoms with Crippen molar-refractivity contribution in [2.24, 2.45) is 0 Å². The van der Waals surface area contributed by atoms with E-state index in [1.807, 2.05) is 0 Å². The standard InChI is InChI=1S/4C6H3Cl3O2.Al/c4*7-2-1-3(10)5(9)6(11)4(2)8;/h4*1,10-11H;/q;;;;+3/p-3. The van der Waals surface area contributed by atoms with Crippen LogP contribution in [0.5, 0.6) is 46.0 Å². The average molecular weight is 878 g/mol. The maximum atomic E-state index is 10.8. The molecule has 21 heteroatoms. The van der Waals surface area contributed by atoms with Gasteiger partial charge in [-0.15, -0.1) is 0 Å². The first-order chi connectivity index (χ1) is 20.1. The van der Waals surface area contributed by atoms with Crippen LogP contribution in [-0.4, -0.2) is 37.8 Å². The molecule has 8 nitrogen and oxygen atoms in total. The van der Waals surface area contributed by atoms with Crippen LogP contribution in [-0.2, 0) is 0 Å². The SMILES string of the molecule is [Al+3].[H+].[O-]c1cc(Cl)c(Cl)c(O)c1Cl.[O-]c1cc(Cl)c(Cl)c(O)c1Cl.[O-]c1cc(Cl)c(Cl)c(O)c1Cl.[O-]c1cc(Cl)c(Cl)c(O)c1Cl. The van der Waals surface area contributed by atoms with Gasteiger partial charge >= 0.3 is 18.8 Å². The fourth-order valence-electron chi connectivity index (χ4n) is 2.27. The summed E-state index contributed by atoms with van der Waals surface area (Å²) in [6, 6.07) is 4.19. The molecule has 0 aliphatic rings. The summed E-state index contributed by atoms with van der Waals surface area (Å²) in [6.07, 6.45) is 0. The van der Waals surface area contributed by atoms with Crippen molar-refractivity contribution >= 4 is 157 Å². The van der Waals surface area contributed by atoms with Crippen LogP contribution in [0.1, 0.15) is 1.43 Å².